The van der Waals surface area contributed by atoms with Crippen LogP contribution in [0.2, 0.25) is 5.02 Å². The third-order valence-electron chi connectivity index (χ3n) is 2.64. The standard InChI is InChI=1S/C12H11ClN4O/c1-7-2-8(13)3-10-12(7)18-11(16-10)6-17-5-9(14)4-15-17/h2-5H,6,14H2,1H3. The first-order valence-corrected chi connectivity index (χ1v) is 5.83. The summed E-state index contributed by atoms with van der Waals surface area (Å²) in [5, 5.41) is 4.74. The van der Waals surface area contributed by atoms with E-state index in [4.69, 9.17) is 21.8 Å². The molecule has 0 saturated heterocycles. The minimum atomic E-state index is 0.447. The average Bonchev–Trinajstić information content (AvgIpc) is 2.85. The summed E-state index contributed by atoms with van der Waals surface area (Å²) in [7, 11) is 0. The number of anilines is 1. The Labute approximate surface area is 108 Å². The van der Waals surface area contributed by atoms with Crippen molar-refractivity contribution in [3.63, 3.8) is 0 Å². The molecule has 1 aromatic carbocycles. The number of hydrogen-bond acceptors (Lipinski definition) is 4. The molecule has 0 radical (unpaired) electrons. The lowest BCUT2D eigenvalue weighted by Crippen LogP contribution is -1.99. The first-order chi connectivity index (χ1) is 8.61. The van der Waals surface area contributed by atoms with Crippen molar-refractivity contribution >= 4 is 28.4 Å². The lowest BCUT2D eigenvalue weighted by atomic mass is 10.2. The maximum absolute atomic E-state index is 5.98. The smallest absolute Gasteiger partial charge is 0.217 e. The molecule has 0 fully saturated rings. The van der Waals surface area contributed by atoms with Gasteiger partial charge >= 0.3 is 0 Å². The number of hydrogen-bond donors (Lipinski definition) is 1. The third-order valence-corrected chi connectivity index (χ3v) is 2.85. The molecule has 18 heavy (non-hydrogen) atoms. The van der Waals surface area contributed by atoms with Crippen molar-refractivity contribution < 1.29 is 4.42 Å². The van der Waals surface area contributed by atoms with Crippen molar-refractivity contribution in [1.82, 2.24) is 14.8 Å². The van der Waals surface area contributed by atoms with E-state index in [1.807, 2.05) is 13.0 Å². The lowest BCUT2D eigenvalue weighted by molar-refractivity contribution is 0.490. The molecule has 0 bridgehead atoms. The molecule has 0 amide bonds. The van der Waals surface area contributed by atoms with E-state index >= 15 is 0 Å². The molecule has 2 heterocycles. The number of oxazole rings is 1. The molecule has 0 atom stereocenters. The number of fused-ring (bicyclic) bond motifs is 1. The highest BCUT2D eigenvalue weighted by atomic mass is 35.5. The van der Waals surface area contributed by atoms with Gasteiger partial charge in [0.15, 0.2) is 5.58 Å². The van der Waals surface area contributed by atoms with Crippen LogP contribution in [0.1, 0.15) is 11.5 Å². The first-order valence-electron chi connectivity index (χ1n) is 5.45. The van der Waals surface area contributed by atoms with Crippen LogP contribution in [0.4, 0.5) is 5.69 Å². The molecule has 5 nitrogen and oxygen atoms in total. The van der Waals surface area contributed by atoms with Crippen molar-refractivity contribution in [2.45, 2.75) is 13.5 Å². The van der Waals surface area contributed by atoms with Crippen LogP contribution in [0, 0.1) is 6.92 Å². The molecule has 0 unspecified atom stereocenters. The van der Waals surface area contributed by atoms with Gasteiger partial charge in [0, 0.05) is 11.2 Å². The van der Waals surface area contributed by atoms with Crippen LogP contribution >= 0.6 is 11.6 Å². The Bertz CT molecular complexity index is 716. The van der Waals surface area contributed by atoms with Crippen molar-refractivity contribution in [1.29, 1.82) is 0 Å². The van der Waals surface area contributed by atoms with Gasteiger partial charge in [-0.1, -0.05) is 11.6 Å². The molecule has 3 rings (SSSR count). The Hall–Kier alpha value is -2.01. The predicted molar refractivity (Wildman–Crippen MR) is 69.5 cm³/mol. The summed E-state index contributed by atoms with van der Waals surface area (Å²) in [5.41, 5.74) is 8.70. The van der Waals surface area contributed by atoms with Gasteiger partial charge in [0.05, 0.1) is 11.9 Å². The van der Waals surface area contributed by atoms with Crippen LogP contribution in [-0.4, -0.2) is 14.8 Å². The molecule has 92 valence electrons. The summed E-state index contributed by atoms with van der Waals surface area (Å²) < 4.78 is 7.37. The predicted octanol–water partition coefficient (Wildman–Crippen LogP) is 2.62. The van der Waals surface area contributed by atoms with Gasteiger partial charge in [-0.05, 0) is 24.6 Å². The molecule has 2 N–H and O–H groups in total. The van der Waals surface area contributed by atoms with Crippen molar-refractivity contribution in [3.05, 3.63) is 41.0 Å². The van der Waals surface area contributed by atoms with Crippen LogP contribution in [-0.2, 0) is 6.54 Å². The fourth-order valence-electron chi connectivity index (χ4n) is 1.88. The van der Waals surface area contributed by atoms with E-state index in [1.54, 1.807) is 23.1 Å². The zero-order chi connectivity index (χ0) is 12.7. The van der Waals surface area contributed by atoms with Crippen LogP contribution in [0.3, 0.4) is 0 Å². The Kier molecular flexibility index (Phi) is 2.48. The monoisotopic (exact) mass is 262 g/mol. The first kappa shape index (κ1) is 11.1. The summed E-state index contributed by atoms with van der Waals surface area (Å²) in [5.74, 6) is 0.582. The highest BCUT2D eigenvalue weighted by Gasteiger charge is 2.10. The fraction of sp³-hybridized carbons (Fsp3) is 0.167. The number of benzene rings is 1. The Morgan fingerprint density at radius 3 is 3.00 bits per heavy atom. The molecular formula is C12H11ClN4O. The normalized spacial score (nSPS) is 11.2. The van der Waals surface area contributed by atoms with Gasteiger partial charge in [0.25, 0.3) is 0 Å². The second-order valence-electron chi connectivity index (χ2n) is 4.15. The number of nitrogens with zero attached hydrogens (tertiary/aromatic N) is 3. The minimum Gasteiger partial charge on any atom is -0.438 e. The van der Waals surface area contributed by atoms with Crippen LogP contribution in [0.25, 0.3) is 11.1 Å². The van der Waals surface area contributed by atoms with E-state index in [9.17, 15) is 0 Å². The average molecular weight is 263 g/mol. The van der Waals surface area contributed by atoms with Crippen LogP contribution in [0.5, 0.6) is 0 Å². The molecule has 0 saturated carbocycles. The fourth-order valence-corrected chi connectivity index (χ4v) is 2.14. The number of nitrogen functional groups attached to an aromatic ring is 1. The van der Waals surface area contributed by atoms with Gasteiger partial charge in [-0.2, -0.15) is 5.10 Å². The number of nitrogens with two attached hydrogens (primary N) is 1. The topological polar surface area (TPSA) is 69.9 Å². The van der Waals surface area contributed by atoms with E-state index in [2.05, 4.69) is 10.1 Å². The highest BCUT2D eigenvalue weighted by molar-refractivity contribution is 6.31. The molecule has 0 aliphatic heterocycles. The Morgan fingerprint density at radius 1 is 1.44 bits per heavy atom. The van der Waals surface area contributed by atoms with E-state index in [0.717, 1.165) is 16.7 Å². The molecule has 3 aromatic rings. The summed E-state index contributed by atoms with van der Waals surface area (Å²) in [6.45, 7) is 2.39. The minimum absolute atomic E-state index is 0.447. The summed E-state index contributed by atoms with van der Waals surface area (Å²) in [4.78, 5) is 4.39. The molecule has 2 aromatic heterocycles. The molecular weight excluding hydrogens is 252 g/mol. The van der Waals surface area contributed by atoms with Gasteiger partial charge < -0.3 is 10.2 Å². The van der Waals surface area contributed by atoms with E-state index in [-0.39, 0.29) is 0 Å². The summed E-state index contributed by atoms with van der Waals surface area (Å²) >= 11 is 5.98. The van der Waals surface area contributed by atoms with Crippen LogP contribution < -0.4 is 5.73 Å². The number of aryl methyl sites for hydroxylation is 1. The summed E-state index contributed by atoms with van der Waals surface area (Å²) in [6.07, 6.45) is 3.32. The largest absolute Gasteiger partial charge is 0.438 e. The summed E-state index contributed by atoms with van der Waals surface area (Å²) in [6, 6.07) is 3.64. The quantitative estimate of drug-likeness (QED) is 0.771. The second-order valence-corrected chi connectivity index (χ2v) is 4.59. The van der Waals surface area contributed by atoms with Gasteiger partial charge in [-0.25, -0.2) is 4.98 Å². The van der Waals surface area contributed by atoms with Crippen LogP contribution in [0.15, 0.2) is 28.9 Å². The maximum Gasteiger partial charge on any atom is 0.217 e. The highest BCUT2D eigenvalue weighted by Crippen LogP contribution is 2.24. The van der Waals surface area contributed by atoms with Gasteiger partial charge in [-0.3, -0.25) is 4.68 Å². The number of halogens is 1. The second kappa shape index (κ2) is 4.03. The SMILES string of the molecule is Cc1cc(Cl)cc2nc(Cn3cc(N)cn3)oc12. The van der Waals surface area contributed by atoms with E-state index in [0.29, 0.717) is 23.1 Å². The Balaban J connectivity index is 2.01. The third kappa shape index (κ3) is 1.93. The van der Waals surface area contributed by atoms with Crippen molar-refractivity contribution in [2.75, 3.05) is 5.73 Å². The van der Waals surface area contributed by atoms with E-state index < -0.39 is 0 Å². The molecule has 6 heteroatoms. The van der Waals surface area contributed by atoms with Gasteiger partial charge in [-0.15, -0.1) is 0 Å². The zero-order valence-corrected chi connectivity index (χ0v) is 10.5. The van der Waals surface area contributed by atoms with E-state index in [1.165, 1.54) is 0 Å². The van der Waals surface area contributed by atoms with Gasteiger partial charge in [0.1, 0.15) is 12.1 Å². The maximum atomic E-state index is 5.98. The number of rotatable bonds is 2. The number of aromatic nitrogens is 3. The Morgan fingerprint density at radius 2 is 2.28 bits per heavy atom. The molecule has 0 aliphatic carbocycles. The molecule has 0 aliphatic rings. The van der Waals surface area contributed by atoms with Crippen molar-refractivity contribution in [2.24, 2.45) is 0 Å². The molecule has 0 spiro atoms. The lowest BCUT2D eigenvalue weighted by Gasteiger charge is -1.95. The zero-order valence-electron chi connectivity index (χ0n) is 9.72. The van der Waals surface area contributed by atoms with Crippen molar-refractivity contribution in [3.8, 4) is 0 Å². The van der Waals surface area contributed by atoms with Gasteiger partial charge in [0.2, 0.25) is 5.89 Å².